The summed E-state index contributed by atoms with van der Waals surface area (Å²) in [6, 6.07) is 0.377. The van der Waals surface area contributed by atoms with Crippen LogP contribution in [0.2, 0.25) is 0 Å². The van der Waals surface area contributed by atoms with Gasteiger partial charge in [0.1, 0.15) is 0 Å². The Morgan fingerprint density at radius 3 is 2.79 bits per heavy atom. The quantitative estimate of drug-likeness (QED) is 0.768. The Balaban J connectivity index is 2.46. The van der Waals surface area contributed by atoms with Gasteiger partial charge in [-0.2, -0.15) is 0 Å². The van der Waals surface area contributed by atoms with Gasteiger partial charge in [-0.25, -0.2) is 4.98 Å². The van der Waals surface area contributed by atoms with Crippen molar-refractivity contribution >= 4 is 11.3 Å². The van der Waals surface area contributed by atoms with Crippen LogP contribution < -0.4 is 5.32 Å². The summed E-state index contributed by atoms with van der Waals surface area (Å²) in [5.41, 5.74) is 1.13. The van der Waals surface area contributed by atoms with Crippen LogP contribution in [0.15, 0.2) is 0 Å². The summed E-state index contributed by atoms with van der Waals surface area (Å²) in [5.74, 6) is 2.65. The van der Waals surface area contributed by atoms with Crippen molar-refractivity contribution in [2.24, 2.45) is 0 Å². The first-order valence-electron chi connectivity index (χ1n) is 4.73. The third-order valence-corrected chi connectivity index (χ3v) is 3.11. The van der Waals surface area contributed by atoms with Gasteiger partial charge in [0.25, 0.3) is 0 Å². The van der Waals surface area contributed by atoms with Crippen LogP contribution in [0.5, 0.6) is 0 Å². The molecule has 0 spiro atoms. The monoisotopic (exact) mass is 208 g/mol. The molecule has 0 aliphatic carbocycles. The number of nitrogens with zero attached hydrogens (tertiary/aromatic N) is 1. The average Bonchev–Trinajstić information content (AvgIpc) is 2.42. The molecule has 0 amide bonds. The lowest BCUT2D eigenvalue weighted by Gasteiger charge is -2.09. The number of aromatic nitrogens is 1. The van der Waals surface area contributed by atoms with Gasteiger partial charge in [-0.1, -0.05) is 0 Å². The molecule has 2 nitrogen and oxygen atoms in total. The smallest absolute Gasteiger partial charge is 0.0900 e. The summed E-state index contributed by atoms with van der Waals surface area (Å²) in [6.07, 6.45) is 6.01. The number of terminal acetylenes is 1. The summed E-state index contributed by atoms with van der Waals surface area (Å²) in [7, 11) is 0. The van der Waals surface area contributed by atoms with E-state index in [-0.39, 0.29) is 0 Å². The van der Waals surface area contributed by atoms with Crippen LogP contribution in [-0.2, 0) is 6.54 Å². The lowest BCUT2D eigenvalue weighted by Crippen LogP contribution is -2.24. The summed E-state index contributed by atoms with van der Waals surface area (Å²) >= 11 is 1.75. The molecular weight excluding hydrogens is 192 g/mol. The zero-order chi connectivity index (χ0) is 10.6. The topological polar surface area (TPSA) is 24.9 Å². The van der Waals surface area contributed by atoms with Gasteiger partial charge in [0.15, 0.2) is 0 Å². The van der Waals surface area contributed by atoms with Gasteiger partial charge < -0.3 is 5.32 Å². The first-order valence-corrected chi connectivity index (χ1v) is 5.55. The summed E-state index contributed by atoms with van der Waals surface area (Å²) in [4.78, 5) is 5.68. The number of thiazole rings is 1. The molecule has 14 heavy (non-hydrogen) atoms. The number of rotatable bonds is 4. The summed E-state index contributed by atoms with van der Waals surface area (Å²) in [5, 5.41) is 4.51. The fourth-order valence-electron chi connectivity index (χ4n) is 1.25. The second-order valence-corrected chi connectivity index (χ2v) is 4.72. The van der Waals surface area contributed by atoms with Crippen LogP contribution in [0.4, 0.5) is 0 Å². The second-order valence-electron chi connectivity index (χ2n) is 3.43. The van der Waals surface area contributed by atoms with E-state index < -0.39 is 0 Å². The molecular formula is C11H16N2S. The van der Waals surface area contributed by atoms with Gasteiger partial charge in [-0.05, 0) is 20.8 Å². The lowest BCUT2D eigenvalue weighted by molar-refractivity contribution is 0.561. The van der Waals surface area contributed by atoms with Crippen LogP contribution in [0.3, 0.4) is 0 Å². The van der Waals surface area contributed by atoms with E-state index in [1.807, 2.05) is 13.8 Å². The number of nitrogens with one attached hydrogen (secondary N) is 1. The van der Waals surface area contributed by atoms with Crippen molar-refractivity contribution in [2.45, 2.75) is 39.8 Å². The Hall–Kier alpha value is -0.850. The predicted molar refractivity (Wildman–Crippen MR) is 61.3 cm³/mol. The molecule has 1 atom stereocenters. The first-order chi connectivity index (χ1) is 6.63. The van der Waals surface area contributed by atoms with E-state index in [2.05, 4.69) is 23.1 Å². The standard InChI is InChI=1S/C11H16N2S/c1-5-6-8(2)12-7-11-9(3)13-10(4)14-11/h1,8,12H,6-7H2,2-4H3. The zero-order valence-corrected chi connectivity index (χ0v) is 9.74. The maximum absolute atomic E-state index is 5.23. The highest BCUT2D eigenvalue weighted by molar-refractivity contribution is 7.11. The average molecular weight is 208 g/mol. The molecule has 0 aromatic carbocycles. The maximum atomic E-state index is 5.23. The molecule has 1 aromatic rings. The molecule has 1 heterocycles. The Bertz CT molecular complexity index is 336. The molecule has 0 aliphatic heterocycles. The molecule has 0 saturated carbocycles. The van der Waals surface area contributed by atoms with Crippen molar-refractivity contribution in [2.75, 3.05) is 0 Å². The number of hydrogen-bond donors (Lipinski definition) is 1. The molecule has 0 aliphatic rings. The van der Waals surface area contributed by atoms with E-state index in [0.29, 0.717) is 6.04 Å². The SMILES string of the molecule is C#CCC(C)NCc1sc(C)nc1C. The number of hydrogen-bond acceptors (Lipinski definition) is 3. The number of aryl methyl sites for hydroxylation is 2. The molecule has 1 aromatic heterocycles. The van der Waals surface area contributed by atoms with E-state index >= 15 is 0 Å². The maximum Gasteiger partial charge on any atom is 0.0900 e. The van der Waals surface area contributed by atoms with E-state index in [1.165, 1.54) is 4.88 Å². The Kier molecular flexibility index (Phi) is 4.12. The zero-order valence-electron chi connectivity index (χ0n) is 8.92. The highest BCUT2D eigenvalue weighted by atomic mass is 32.1. The van der Waals surface area contributed by atoms with E-state index in [1.54, 1.807) is 11.3 Å². The van der Waals surface area contributed by atoms with E-state index in [0.717, 1.165) is 23.7 Å². The second kappa shape index (κ2) is 5.14. The van der Waals surface area contributed by atoms with Crippen molar-refractivity contribution in [3.63, 3.8) is 0 Å². The summed E-state index contributed by atoms with van der Waals surface area (Å²) in [6.45, 7) is 7.06. The largest absolute Gasteiger partial charge is 0.308 e. The van der Waals surface area contributed by atoms with Crippen molar-refractivity contribution in [1.82, 2.24) is 10.3 Å². The van der Waals surface area contributed by atoms with Crippen molar-refractivity contribution in [3.05, 3.63) is 15.6 Å². The molecule has 1 N–H and O–H groups in total. The molecule has 0 bridgehead atoms. The molecule has 76 valence electrons. The van der Waals surface area contributed by atoms with Gasteiger partial charge in [0.2, 0.25) is 0 Å². The van der Waals surface area contributed by atoms with Crippen LogP contribution in [0.1, 0.15) is 28.9 Å². The Labute approximate surface area is 89.8 Å². The normalized spacial score (nSPS) is 12.4. The van der Waals surface area contributed by atoms with Gasteiger partial charge in [0, 0.05) is 23.9 Å². The third kappa shape index (κ3) is 3.13. The van der Waals surface area contributed by atoms with E-state index in [4.69, 9.17) is 6.42 Å². The molecule has 0 radical (unpaired) electrons. The van der Waals surface area contributed by atoms with Crippen molar-refractivity contribution in [3.8, 4) is 12.3 Å². The van der Waals surface area contributed by atoms with Gasteiger partial charge in [-0.15, -0.1) is 23.7 Å². The summed E-state index contributed by atoms with van der Waals surface area (Å²) < 4.78 is 0. The molecule has 0 fully saturated rings. The molecule has 1 unspecified atom stereocenters. The minimum Gasteiger partial charge on any atom is -0.308 e. The Morgan fingerprint density at radius 1 is 1.57 bits per heavy atom. The highest BCUT2D eigenvalue weighted by Gasteiger charge is 2.05. The molecule has 0 saturated heterocycles. The van der Waals surface area contributed by atoms with Crippen molar-refractivity contribution < 1.29 is 0 Å². The third-order valence-electron chi connectivity index (χ3n) is 2.03. The highest BCUT2D eigenvalue weighted by Crippen LogP contribution is 2.16. The molecule has 1 rings (SSSR count). The fraction of sp³-hybridized carbons (Fsp3) is 0.545. The fourth-order valence-corrected chi connectivity index (χ4v) is 2.14. The van der Waals surface area contributed by atoms with Crippen LogP contribution >= 0.6 is 11.3 Å². The van der Waals surface area contributed by atoms with Gasteiger partial charge in [0.05, 0.1) is 10.7 Å². The van der Waals surface area contributed by atoms with Crippen molar-refractivity contribution in [1.29, 1.82) is 0 Å². The minimum atomic E-state index is 0.377. The molecule has 3 heteroatoms. The lowest BCUT2D eigenvalue weighted by atomic mass is 10.2. The minimum absolute atomic E-state index is 0.377. The van der Waals surface area contributed by atoms with Gasteiger partial charge >= 0.3 is 0 Å². The van der Waals surface area contributed by atoms with Gasteiger partial charge in [-0.3, -0.25) is 0 Å². The first kappa shape index (κ1) is 11.2. The van der Waals surface area contributed by atoms with Crippen LogP contribution in [0, 0.1) is 26.2 Å². The van der Waals surface area contributed by atoms with E-state index in [9.17, 15) is 0 Å². The van der Waals surface area contributed by atoms with Crippen LogP contribution in [-0.4, -0.2) is 11.0 Å². The Morgan fingerprint density at radius 2 is 2.29 bits per heavy atom. The van der Waals surface area contributed by atoms with Crippen LogP contribution in [0.25, 0.3) is 0 Å². The predicted octanol–water partition coefficient (Wildman–Crippen LogP) is 2.26.